The first-order valence-corrected chi connectivity index (χ1v) is 13.5. The molecule has 0 aromatic heterocycles. The summed E-state index contributed by atoms with van der Waals surface area (Å²) >= 11 is 0. The third kappa shape index (κ3) is 3.65. The van der Waals surface area contributed by atoms with Gasteiger partial charge >= 0.3 is 0 Å². The van der Waals surface area contributed by atoms with Gasteiger partial charge in [-0.3, -0.25) is 9.59 Å². The van der Waals surface area contributed by atoms with Crippen molar-refractivity contribution in [1.82, 2.24) is 0 Å². The van der Waals surface area contributed by atoms with E-state index < -0.39 is 51.0 Å². The van der Waals surface area contributed by atoms with E-state index >= 15 is 0 Å². The van der Waals surface area contributed by atoms with Crippen molar-refractivity contribution in [1.29, 1.82) is 0 Å². The molecule has 36 heavy (non-hydrogen) atoms. The number of carbonyl (C=O) groups is 2. The van der Waals surface area contributed by atoms with Crippen molar-refractivity contribution in [2.24, 2.45) is 39.4 Å². The lowest BCUT2D eigenvalue weighted by atomic mass is 9.38. The highest BCUT2D eigenvalue weighted by molar-refractivity contribution is 5.92. The summed E-state index contributed by atoms with van der Waals surface area (Å²) in [5.74, 6) is -0.994. The zero-order valence-corrected chi connectivity index (χ0v) is 23.3. The standard InChI is InChI=1S/C30H46O6/c1-25(2,35)12-9-13-29(7,36)23-20(32)15-27(5)21-11-10-17-18(14-19(31)24(34)26(17,3)4)30(21,8)22(33)16-28(23,27)6/h9-10,12,18,20-21,23-24,32,34-36H,11,13-16H2,1-8H3. The summed E-state index contributed by atoms with van der Waals surface area (Å²) in [6, 6.07) is 0. The van der Waals surface area contributed by atoms with Gasteiger partial charge in [0, 0.05) is 29.6 Å². The number of carbonyl (C=O) groups excluding carboxylic acids is 2. The maximum absolute atomic E-state index is 14.2. The molecule has 0 amide bonds. The van der Waals surface area contributed by atoms with Crippen molar-refractivity contribution in [3.63, 3.8) is 0 Å². The van der Waals surface area contributed by atoms with Crippen LogP contribution in [0.15, 0.2) is 23.8 Å². The lowest BCUT2D eigenvalue weighted by Gasteiger charge is -2.64. The van der Waals surface area contributed by atoms with E-state index in [9.17, 15) is 30.0 Å². The molecule has 202 valence electrons. The molecule has 6 nitrogen and oxygen atoms in total. The zero-order valence-electron chi connectivity index (χ0n) is 23.3. The van der Waals surface area contributed by atoms with Crippen LogP contribution in [0.25, 0.3) is 0 Å². The first-order valence-electron chi connectivity index (χ1n) is 13.5. The molecule has 9 unspecified atom stereocenters. The van der Waals surface area contributed by atoms with Crippen molar-refractivity contribution in [3.8, 4) is 0 Å². The third-order valence-electron chi connectivity index (χ3n) is 11.2. The fourth-order valence-electron chi connectivity index (χ4n) is 9.17. The molecule has 0 aromatic rings. The number of hydrogen-bond acceptors (Lipinski definition) is 6. The fourth-order valence-corrected chi connectivity index (χ4v) is 9.17. The Bertz CT molecular complexity index is 1010. The average molecular weight is 503 g/mol. The van der Waals surface area contributed by atoms with E-state index in [0.29, 0.717) is 12.8 Å². The van der Waals surface area contributed by atoms with Crippen LogP contribution in [0, 0.1) is 39.4 Å². The maximum atomic E-state index is 14.2. The largest absolute Gasteiger partial charge is 0.393 e. The van der Waals surface area contributed by atoms with Crippen molar-refractivity contribution in [3.05, 3.63) is 23.8 Å². The Morgan fingerprint density at radius 1 is 1.03 bits per heavy atom. The number of ketones is 2. The predicted octanol–water partition coefficient (Wildman–Crippen LogP) is 3.75. The summed E-state index contributed by atoms with van der Waals surface area (Å²) in [5.41, 5.74) is -3.83. The average Bonchev–Trinajstić information content (AvgIpc) is 2.91. The Morgan fingerprint density at radius 3 is 2.22 bits per heavy atom. The summed E-state index contributed by atoms with van der Waals surface area (Å²) in [5, 5.41) is 43.8. The highest BCUT2D eigenvalue weighted by Crippen LogP contribution is 2.74. The van der Waals surface area contributed by atoms with Crippen LogP contribution in [0.4, 0.5) is 0 Å². The minimum absolute atomic E-state index is 0.0880. The Morgan fingerprint density at radius 2 is 1.64 bits per heavy atom. The van der Waals surface area contributed by atoms with Crippen molar-refractivity contribution in [2.45, 2.75) is 111 Å². The van der Waals surface area contributed by atoms with Crippen LogP contribution < -0.4 is 0 Å². The van der Waals surface area contributed by atoms with Gasteiger partial charge in [0.2, 0.25) is 0 Å². The number of Topliss-reactive ketones (excluding diaryl/α,β-unsaturated/α-hetero) is 2. The molecule has 0 bridgehead atoms. The molecule has 0 spiro atoms. The molecule has 4 N–H and O–H groups in total. The molecular weight excluding hydrogens is 456 g/mol. The van der Waals surface area contributed by atoms with Crippen LogP contribution in [0.1, 0.15) is 87.5 Å². The lowest BCUT2D eigenvalue weighted by Crippen LogP contribution is -2.65. The number of allylic oxidation sites excluding steroid dienone is 1. The topological polar surface area (TPSA) is 115 Å². The number of aliphatic hydroxyl groups is 4. The smallest absolute Gasteiger partial charge is 0.162 e. The summed E-state index contributed by atoms with van der Waals surface area (Å²) in [6.45, 7) is 15.1. The van der Waals surface area contributed by atoms with Gasteiger partial charge in [0.25, 0.3) is 0 Å². The molecule has 0 saturated heterocycles. The minimum atomic E-state index is -1.27. The second-order valence-electron chi connectivity index (χ2n) is 14.4. The van der Waals surface area contributed by atoms with Gasteiger partial charge in [-0.1, -0.05) is 58.4 Å². The number of rotatable bonds is 4. The molecule has 0 aromatic carbocycles. The van der Waals surface area contributed by atoms with Gasteiger partial charge in [-0.25, -0.2) is 0 Å². The van der Waals surface area contributed by atoms with Crippen LogP contribution in [0.2, 0.25) is 0 Å². The molecule has 4 aliphatic rings. The van der Waals surface area contributed by atoms with Gasteiger partial charge in [0.15, 0.2) is 5.78 Å². The maximum Gasteiger partial charge on any atom is 0.162 e. The summed E-state index contributed by atoms with van der Waals surface area (Å²) in [6.07, 6.45) is 5.48. The van der Waals surface area contributed by atoms with Crippen molar-refractivity contribution < 1.29 is 30.0 Å². The molecule has 0 aliphatic heterocycles. The summed E-state index contributed by atoms with van der Waals surface area (Å²) in [7, 11) is 0. The number of fused-ring (bicyclic) bond motifs is 5. The monoisotopic (exact) mass is 502 g/mol. The Kier molecular flexibility index (Phi) is 6.21. The van der Waals surface area contributed by atoms with E-state index in [1.165, 1.54) is 0 Å². The van der Waals surface area contributed by atoms with Crippen LogP contribution in [0.3, 0.4) is 0 Å². The van der Waals surface area contributed by atoms with Gasteiger partial charge in [-0.2, -0.15) is 0 Å². The molecule has 0 radical (unpaired) electrons. The highest BCUT2D eigenvalue weighted by atomic mass is 16.3. The van der Waals surface area contributed by atoms with Gasteiger partial charge in [0.1, 0.15) is 11.9 Å². The molecule has 3 fully saturated rings. The van der Waals surface area contributed by atoms with Crippen molar-refractivity contribution >= 4 is 11.6 Å². The SMILES string of the molecule is CC(C)(O)C=CCC(C)(O)C1C(O)CC2(C)C3CC=C4C(CC(=O)C(O)C4(C)C)C3(C)C(=O)CC12C. The van der Waals surface area contributed by atoms with Crippen LogP contribution in [0.5, 0.6) is 0 Å². The van der Waals surface area contributed by atoms with Gasteiger partial charge < -0.3 is 20.4 Å². The third-order valence-corrected chi connectivity index (χ3v) is 11.2. The summed E-state index contributed by atoms with van der Waals surface area (Å²) < 4.78 is 0. The lowest BCUT2D eigenvalue weighted by molar-refractivity contribution is -0.181. The van der Waals surface area contributed by atoms with E-state index in [1.807, 2.05) is 20.8 Å². The van der Waals surface area contributed by atoms with E-state index in [4.69, 9.17) is 0 Å². The van der Waals surface area contributed by atoms with Gasteiger partial charge in [-0.15, -0.1) is 0 Å². The number of aliphatic hydroxyl groups excluding tert-OH is 2. The van der Waals surface area contributed by atoms with E-state index in [2.05, 4.69) is 19.9 Å². The molecule has 6 heteroatoms. The molecule has 0 heterocycles. The van der Waals surface area contributed by atoms with Crippen LogP contribution >= 0.6 is 0 Å². The molecular formula is C30H46O6. The fraction of sp³-hybridized carbons (Fsp3) is 0.800. The quantitative estimate of drug-likeness (QED) is 0.435. The van der Waals surface area contributed by atoms with Gasteiger partial charge in [0.05, 0.1) is 17.3 Å². The highest BCUT2D eigenvalue weighted by Gasteiger charge is 2.73. The van der Waals surface area contributed by atoms with Crippen LogP contribution in [-0.2, 0) is 9.59 Å². The normalized spacial score (nSPS) is 46.1. The predicted molar refractivity (Wildman–Crippen MR) is 138 cm³/mol. The second kappa shape index (κ2) is 8.08. The Hall–Kier alpha value is -1.34. The van der Waals surface area contributed by atoms with E-state index in [1.54, 1.807) is 32.9 Å². The van der Waals surface area contributed by atoms with E-state index in [0.717, 1.165) is 5.57 Å². The molecule has 4 aliphatic carbocycles. The van der Waals surface area contributed by atoms with Crippen molar-refractivity contribution in [2.75, 3.05) is 0 Å². The van der Waals surface area contributed by atoms with E-state index in [-0.39, 0.29) is 42.7 Å². The second-order valence-corrected chi connectivity index (χ2v) is 14.4. The molecule has 4 rings (SSSR count). The Labute approximate surface area is 215 Å². The van der Waals surface area contributed by atoms with Gasteiger partial charge in [-0.05, 0) is 62.7 Å². The summed E-state index contributed by atoms with van der Waals surface area (Å²) in [4.78, 5) is 27.1. The van der Waals surface area contributed by atoms with Crippen LogP contribution in [-0.4, -0.2) is 55.4 Å². The minimum Gasteiger partial charge on any atom is -0.393 e. The zero-order chi connectivity index (χ0) is 27.3. The number of hydrogen-bond donors (Lipinski definition) is 4. The first kappa shape index (κ1) is 27.7. The molecule has 9 atom stereocenters. The Balaban J connectivity index is 1.77. The molecule has 3 saturated carbocycles. The first-order chi connectivity index (χ1) is 16.2.